The van der Waals surface area contributed by atoms with Crippen molar-refractivity contribution in [3.05, 3.63) is 53.6 Å². The van der Waals surface area contributed by atoms with Gasteiger partial charge in [-0.25, -0.2) is 21.6 Å². The van der Waals surface area contributed by atoms with Crippen LogP contribution in [-0.4, -0.2) is 22.9 Å². The third kappa shape index (κ3) is 4.02. The van der Waals surface area contributed by atoms with Gasteiger partial charge in [-0.2, -0.15) is 0 Å². The second-order valence-electron chi connectivity index (χ2n) is 6.24. The average Bonchev–Trinajstić information content (AvgIpc) is 3.34. The standard InChI is InChI=1S/C17H20N2O4S2/c1-12-4-3-5-13(2)17(12)19-25(22,23)16-10-8-15(9-11-16)24(20,21)18-14-6-7-14/h3-5,8-11,14,18-19H,6-7H2,1-2H3. The van der Waals surface area contributed by atoms with Crippen molar-refractivity contribution in [3.63, 3.8) is 0 Å². The highest BCUT2D eigenvalue weighted by atomic mass is 32.2. The topological polar surface area (TPSA) is 92.3 Å². The molecular formula is C17H20N2O4S2. The molecule has 1 aliphatic carbocycles. The number of sulfonamides is 2. The van der Waals surface area contributed by atoms with Crippen LogP contribution in [-0.2, 0) is 20.0 Å². The number of para-hydroxylation sites is 1. The van der Waals surface area contributed by atoms with Crippen LogP contribution in [0.5, 0.6) is 0 Å². The fourth-order valence-corrected chi connectivity index (χ4v) is 4.96. The second-order valence-corrected chi connectivity index (χ2v) is 9.64. The lowest BCUT2D eigenvalue weighted by atomic mass is 10.1. The van der Waals surface area contributed by atoms with Crippen LogP contribution in [0.4, 0.5) is 5.69 Å². The lowest BCUT2D eigenvalue weighted by Crippen LogP contribution is -2.25. The second kappa shape index (κ2) is 6.44. The van der Waals surface area contributed by atoms with Crippen molar-refractivity contribution in [1.82, 2.24) is 4.72 Å². The Morgan fingerprint density at radius 2 is 1.28 bits per heavy atom. The summed E-state index contributed by atoms with van der Waals surface area (Å²) < 4.78 is 54.6. The number of aryl methyl sites for hydroxylation is 2. The molecule has 134 valence electrons. The molecule has 0 bridgehead atoms. The van der Waals surface area contributed by atoms with E-state index in [9.17, 15) is 16.8 Å². The maximum atomic E-state index is 12.6. The van der Waals surface area contributed by atoms with E-state index in [1.807, 2.05) is 32.0 Å². The van der Waals surface area contributed by atoms with Gasteiger partial charge in [0.2, 0.25) is 10.0 Å². The average molecular weight is 380 g/mol. The molecule has 1 aliphatic rings. The zero-order valence-electron chi connectivity index (χ0n) is 14.0. The van der Waals surface area contributed by atoms with E-state index < -0.39 is 20.0 Å². The van der Waals surface area contributed by atoms with Crippen LogP contribution in [0.25, 0.3) is 0 Å². The molecule has 2 aromatic rings. The van der Waals surface area contributed by atoms with E-state index in [4.69, 9.17) is 0 Å². The van der Waals surface area contributed by atoms with Gasteiger partial charge in [-0.3, -0.25) is 4.72 Å². The quantitative estimate of drug-likeness (QED) is 0.805. The van der Waals surface area contributed by atoms with Gasteiger partial charge in [0.15, 0.2) is 0 Å². The molecule has 0 saturated heterocycles. The van der Waals surface area contributed by atoms with E-state index in [0.29, 0.717) is 5.69 Å². The van der Waals surface area contributed by atoms with E-state index in [2.05, 4.69) is 9.44 Å². The first-order valence-corrected chi connectivity index (χ1v) is 10.9. The Hall–Kier alpha value is -1.90. The van der Waals surface area contributed by atoms with Gasteiger partial charge in [0.25, 0.3) is 10.0 Å². The third-order valence-electron chi connectivity index (χ3n) is 4.06. The van der Waals surface area contributed by atoms with Crippen LogP contribution >= 0.6 is 0 Å². The number of anilines is 1. The number of rotatable bonds is 6. The maximum absolute atomic E-state index is 12.6. The van der Waals surface area contributed by atoms with Gasteiger partial charge in [0.05, 0.1) is 15.5 Å². The predicted molar refractivity (Wildman–Crippen MR) is 96.5 cm³/mol. The molecule has 2 N–H and O–H groups in total. The largest absolute Gasteiger partial charge is 0.279 e. The minimum absolute atomic E-state index is 0.000827. The van der Waals surface area contributed by atoms with E-state index in [0.717, 1.165) is 24.0 Å². The van der Waals surface area contributed by atoms with Gasteiger partial charge >= 0.3 is 0 Å². The maximum Gasteiger partial charge on any atom is 0.261 e. The van der Waals surface area contributed by atoms with Crippen LogP contribution in [0.1, 0.15) is 24.0 Å². The smallest absolute Gasteiger partial charge is 0.261 e. The summed E-state index contributed by atoms with van der Waals surface area (Å²) in [5.74, 6) is 0. The molecule has 6 nitrogen and oxygen atoms in total. The summed E-state index contributed by atoms with van der Waals surface area (Å²) in [6, 6.07) is 10.7. The molecule has 0 spiro atoms. The monoisotopic (exact) mass is 380 g/mol. The summed E-state index contributed by atoms with van der Waals surface area (Å²) in [4.78, 5) is 0.0750. The van der Waals surface area contributed by atoms with E-state index >= 15 is 0 Å². The summed E-state index contributed by atoms with van der Waals surface area (Å²) in [6.07, 6.45) is 1.68. The fraction of sp³-hybridized carbons (Fsp3) is 0.294. The van der Waals surface area contributed by atoms with Gasteiger partial charge in [-0.15, -0.1) is 0 Å². The van der Waals surface area contributed by atoms with Gasteiger partial charge in [0.1, 0.15) is 0 Å². The predicted octanol–water partition coefficient (Wildman–Crippen LogP) is 2.54. The van der Waals surface area contributed by atoms with E-state index in [-0.39, 0.29) is 15.8 Å². The summed E-state index contributed by atoms with van der Waals surface area (Å²) in [6.45, 7) is 3.65. The Bertz CT molecular complexity index is 973. The molecule has 1 saturated carbocycles. The molecule has 3 rings (SSSR count). The molecule has 1 fully saturated rings. The molecule has 0 atom stereocenters. The van der Waals surface area contributed by atoms with Gasteiger partial charge in [0, 0.05) is 6.04 Å². The molecule has 0 amide bonds. The minimum Gasteiger partial charge on any atom is -0.279 e. The molecule has 0 unspecified atom stereocenters. The van der Waals surface area contributed by atoms with Crippen LogP contribution in [0.2, 0.25) is 0 Å². The van der Waals surface area contributed by atoms with Crippen molar-refractivity contribution >= 4 is 25.7 Å². The number of hydrogen-bond acceptors (Lipinski definition) is 4. The lowest BCUT2D eigenvalue weighted by Gasteiger charge is -2.13. The van der Waals surface area contributed by atoms with Crippen LogP contribution in [0, 0.1) is 13.8 Å². The van der Waals surface area contributed by atoms with Crippen LogP contribution in [0.3, 0.4) is 0 Å². The molecule has 0 radical (unpaired) electrons. The SMILES string of the molecule is Cc1cccc(C)c1NS(=O)(=O)c1ccc(S(=O)(=O)NC2CC2)cc1. The minimum atomic E-state index is -3.80. The lowest BCUT2D eigenvalue weighted by molar-refractivity contribution is 0.580. The molecule has 25 heavy (non-hydrogen) atoms. The molecule has 0 heterocycles. The highest BCUT2D eigenvalue weighted by Crippen LogP contribution is 2.25. The normalized spacial score (nSPS) is 15.1. The van der Waals surface area contributed by atoms with Crippen molar-refractivity contribution in [2.24, 2.45) is 0 Å². The first-order valence-electron chi connectivity index (χ1n) is 7.90. The molecular weight excluding hydrogens is 360 g/mol. The molecule has 8 heteroatoms. The number of benzene rings is 2. The number of hydrogen-bond donors (Lipinski definition) is 2. The van der Waals surface area contributed by atoms with Gasteiger partial charge < -0.3 is 0 Å². The van der Waals surface area contributed by atoms with Crippen molar-refractivity contribution in [2.45, 2.75) is 42.5 Å². The van der Waals surface area contributed by atoms with Crippen molar-refractivity contribution in [1.29, 1.82) is 0 Å². The van der Waals surface area contributed by atoms with E-state index in [1.54, 1.807) is 0 Å². The Labute approximate surface area is 148 Å². The van der Waals surface area contributed by atoms with E-state index in [1.165, 1.54) is 24.3 Å². The number of nitrogens with one attached hydrogen (secondary N) is 2. The zero-order valence-corrected chi connectivity index (χ0v) is 15.6. The Morgan fingerprint density at radius 3 is 1.76 bits per heavy atom. The summed E-state index contributed by atoms with van der Waals surface area (Å²) >= 11 is 0. The Morgan fingerprint density at radius 1 is 0.800 bits per heavy atom. The fourth-order valence-electron chi connectivity index (χ4n) is 2.46. The Kier molecular flexibility index (Phi) is 4.61. The molecule has 0 aromatic heterocycles. The highest BCUT2D eigenvalue weighted by molar-refractivity contribution is 7.92. The first kappa shape index (κ1) is 17.9. The van der Waals surface area contributed by atoms with Crippen molar-refractivity contribution in [3.8, 4) is 0 Å². The summed E-state index contributed by atoms with van der Waals surface area (Å²) in [5.41, 5.74) is 2.17. The first-order chi connectivity index (χ1) is 11.7. The molecule has 0 aliphatic heterocycles. The van der Waals surface area contributed by atoms with Crippen molar-refractivity contribution in [2.75, 3.05) is 4.72 Å². The van der Waals surface area contributed by atoms with Gasteiger partial charge in [-0.05, 0) is 62.1 Å². The third-order valence-corrected chi connectivity index (χ3v) is 6.96. The van der Waals surface area contributed by atoms with Crippen molar-refractivity contribution < 1.29 is 16.8 Å². The van der Waals surface area contributed by atoms with Crippen LogP contribution in [0.15, 0.2) is 52.3 Å². The zero-order chi connectivity index (χ0) is 18.2. The highest BCUT2D eigenvalue weighted by Gasteiger charge is 2.28. The summed E-state index contributed by atoms with van der Waals surface area (Å²) in [7, 11) is -7.39. The molecule has 2 aromatic carbocycles. The summed E-state index contributed by atoms with van der Waals surface area (Å²) in [5, 5.41) is 0. The Balaban J connectivity index is 1.85. The van der Waals surface area contributed by atoms with Crippen LogP contribution < -0.4 is 9.44 Å². The van der Waals surface area contributed by atoms with Gasteiger partial charge in [-0.1, -0.05) is 18.2 Å².